The summed E-state index contributed by atoms with van der Waals surface area (Å²) in [5, 5.41) is 5.14. The number of amides is 6. The fraction of sp³-hybridized carbons (Fsp3) is 0.512. The van der Waals surface area contributed by atoms with E-state index in [1.165, 1.54) is 5.56 Å². The van der Waals surface area contributed by atoms with Gasteiger partial charge in [0.15, 0.2) is 6.61 Å². The van der Waals surface area contributed by atoms with Crippen molar-refractivity contribution >= 4 is 35.4 Å². The van der Waals surface area contributed by atoms with Gasteiger partial charge in [-0.25, -0.2) is 0 Å². The van der Waals surface area contributed by atoms with E-state index in [2.05, 4.69) is 43.2 Å². The minimum atomic E-state index is -0.982. The molecule has 0 spiro atoms. The molecule has 3 aliphatic rings. The maximum atomic E-state index is 13.0. The topological polar surface area (TPSA) is 142 Å². The number of ether oxygens (including phenoxy) is 1. The highest BCUT2D eigenvalue weighted by Crippen LogP contribution is 2.29. The Hall–Kier alpha value is -4.98. The van der Waals surface area contributed by atoms with Crippen LogP contribution in [-0.4, -0.2) is 71.0 Å². The first-order chi connectivity index (χ1) is 24.9. The smallest absolute Gasteiger partial charge is 0.262 e. The summed E-state index contributed by atoms with van der Waals surface area (Å²) < 4.78 is 5.77. The molecule has 6 amide bonds. The molecule has 276 valence electrons. The van der Waals surface area contributed by atoms with E-state index in [1.807, 2.05) is 23.1 Å². The van der Waals surface area contributed by atoms with Gasteiger partial charge < -0.3 is 15.0 Å². The van der Waals surface area contributed by atoms with Crippen molar-refractivity contribution in [3.05, 3.63) is 64.2 Å². The van der Waals surface area contributed by atoms with E-state index >= 15 is 0 Å². The lowest BCUT2D eigenvalue weighted by molar-refractivity contribution is -0.136. The molecule has 0 bridgehead atoms. The average molecular weight is 711 g/mol. The van der Waals surface area contributed by atoms with Gasteiger partial charge in [-0.3, -0.25) is 39.0 Å². The minimum Gasteiger partial charge on any atom is -0.484 e. The van der Waals surface area contributed by atoms with Gasteiger partial charge in [-0.1, -0.05) is 70.8 Å². The van der Waals surface area contributed by atoms with E-state index in [1.54, 1.807) is 18.2 Å². The molecule has 0 aromatic heterocycles. The highest BCUT2D eigenvalue weighted by Gasteiger charge is 2.44. The summed E-state index contributed by atoms with van der Waals surface area (Å²) in [5.41, 5.74) is 3.37. The summed E-state index contributed by atoms with van der Waals surface area (Å²) in [6.45, 7) is 8.10. The third-order valence-electron chi connectivity index (χ3n) is 9.57. The third kappa shape index (κ3) is 10.3. The van der Waals surface area contributed by atoms with Crippen molar-refractivity contribution in [1.29, 1.82) is 0 Å². The molecule has 0 radical (unpaired) electrons. The van der Waals surface area contributed by atoms with Crippen molar-refractivity contribution in [1.82, 2.24) is 20.4 Å². The van der Waals surface area contributed by atoms with Gasteiger partial charge in [0.1, 0.15) is 11.8 Å². The van der Waals surface area contributed by atoms with Crippen LogP contribution in [0.25, 0.3) is 0 Å². The van der Waals surface area contributed by atoms with Crippen LogP contribution in [0.1, 0.15) is 129 Å². The first-order valence-corrected chi connectivity index (χ1v) is 18.5. The standard InChI is InChI=1S/C41H50N4O7/c1-41(2,3)25-37(48)44-22-20-29-15-16-31(24-30(29)26-44)52-27-36(47)42-21-12-10-8-6-4-5-7-9-11-13-28-14-17-32-33(23-28)40(51)45(39(32)50)34-18-19-35(46)43-38(34)49/h14-17,23-24,34H,4-10,12,18-22,25-27H2,1-3H3,(H,42,47)(H,43,46,49). The van der Waals surface area contributed by atoms with Crippen LogP contribution in [0.15, 0.2) is 36.4 Å². The van der Waals surface area contributed by atoms with Crippen LogP contribution in [0.5, 0.6) is 5.75 Å². The van der Waals surface area contributed by atoms with Gasteiger partial charge in [-0.05, 0) is 72.6 Å². The fourth-order valence-electron chi connectivity index (χ4n) is 6.76. The van der Waals surface area contributed by atoms with Crippen LogP contribution in [0.3, 0.4) is 0 Å². The summed E-state index contributed by atoms with van der Waals surface area (Å²) in [6, 6.07) is 9.79. The monoisotopic (exact) mass is 710 g/mol. The van der Waals surface area contributed by atoms with Crippen LogP contribution in [0, 0.1) is 17.3 Å². The lowest BCUT2D eigenvalue weighted by Crippen LogP contribution is -2.54. The molecular formula is C41H50N4O7. The van der Waals surface area contributed by atoms with E-state index in [4.69, 9.17) is 4.74 Å². The number of unbranched alkanes of at least 4 members (excludes halogenated alkanes) is 7. The Morgan fingerprint density at radius 1 is 0.885 bits per heavy atom. The second-order valence-electron chi connectivity index (χ2n) is 15.1. The number of benzene rings is 2. The van der Waals surface area contributed by atoms with E-state index in [-0.39, 0.29) is 47.8 Å². The van der Waals surface area contributed by atoms with Crippen LogP contribution in [0.4, 0.5) is 0 Å². The van der Waals surface area contributed by atoms with Crippen molar-refractivity contribution in [2.24, 2.45) is 5.41 Å². The van der Waals surface area contributed by atoms with Crippen molar-refractivity contribution in [3.63, 3.8) is 0 Å². The zero-order chi connectivity index (χ0) is 37.3. The zero-order valence-electron chi connectivity index (χ0n) is 30.6. The molecule has 1 saturated heterocycles. The summed E-state index contributed by atoms with van der Waals surface area (Å²) in [6.07, 6.45) is 9.57. The second kappa shape index (κ2) is 17.5. The van der Waals surface area contributed by atoms with Crippen LogP contribution in [-0.2, 0) is 32.1 Å². The highest BCUT2D eigenvalue weighted by molar-refractivity contribution is 6.23. The molecule has 3 heterocycles. The Morgan fingerprint density at radius 3 is 2.37 bits per heavy atom. The van der Waals surface area contributed by atoms with Gasteiger partial charge in [-0.15, -0.1) is 0 Å². The van der Waals surface area contributed by atoms with E-state index in [0.717, 1.165) is 74.8 Å². The lowest BCUT2D eigenvalue weighted by atomic mass is 9.90. The molecule has 0 saturated carbocycles. The molecule has 11 heteroatoms. The maximum Gasteiger partial charge on any atom is 0.262 e. The molecule has 3 aliphatic heterocycles. The molecule has 1 unspecified atom stereocenters. The molecule has 2 N–H and O–H groups in total. The van der Waals surface area contributed by atoms with Crippen LogP contribution >= 0.6 is 0 Å². The second-order valence-corrected chi connectivity index (χ2v) is 15.1. The quantitative estimate of drug-likeness (QED) is 0.158. The number of carbonyl (C=O) groups is 6. The molecule has 5 rings (SSSR count). The Labute approximate surface area is 306 Å². The summed E-state index contributed by atoms with van der Waals surface area (Å²) in [5.74, 6) is 4.82. The van der Waals surface area contributed by atoms with Gasteiger partial charge in [0, 0.05) is 44.5 Å². The van der Waals surface area contributed by atoms with Crippen molar-refractivity contribution < 1.29 is 33.5 Å². The number of nitrogens with zero attached hydrogens (tertiary/aromatic N) is 2. The Balaban J connectivity index is 0.906. The minimum absolute atomic E-state index is 0.0399. The van der Waals surface area contributed by atoms with E-state index in [9.17, 15) is 28.8 Å². The molecule has 1 atom stereocenters. The number of fused-ring (bicyclic) bond motifs is 2. The van der Waals surface area contributed by atoms with Gasteiger partial charge in [-0.2, -0.15) is 0 Å². The average Bonchev–Trinajstić information content (AvgIpc) is 3.34. The zero-order valence-corrected chi connectivity index (χ0v) is 30.6. The number of hydrogen-bond acceptors (Lipinski definition) is 7. The molecule has 2 aromatic carbocycles. The van der Waals surface area contributed by atoms with Crippen LogP contribution in [0.2, 0.25) is 0 Å². The number of nitrogens with one attached hydrogen (secondary N) is 2. The van der Waals surface area contributed by atoms with E-state index < -0.39 is 29.7 Å². The Bertz CT molecular complexity index is 1770. The van der Waals surface area contributed by atoms with Gasteiger partial charge in [0.2, 0.25) is 17.7 Å². The Kier molecular flexibility index (Phi) is 12.9. The molecular weight excluding hydrogens is 660 g/mol. The molecule has 11 nitrogen and oxygen atoms in total. The number of carbonyl (C=O) groups excluding carboxylic acids is 6. The number of hydrogen-bond donors (Lipinski definition) is 2. The SMILES string of the molecule is CC(C)(C)CC(=O)N1CCc2ccc(OCC(=O)NCCCCCCCCCC#Cc3ccc4c(c3)C(=O)N(C3CCC(=O)NC3=O)C4=O)cc2C1. The van der Waals surface area contributed by atoms with Gasteiger partial charge in [0.25, 0.3) is 17.7 Å². The van der Waals surface area contributed by atoms with Crippen molar-refractivity contribution in [3.8, 4) is 17.6 Å². The maximum absolute atomic E-state index is 13.0. The summed E-state index contributed by atoms with van der Waals surface area (Å²) in [7, 11) is 0. The first-order valence-electron chi connectivity index (χ1n) is 18.5. The van der Waals surface area contributed by atoms with E-state index in [0.29, 0.717) is 30.8 Å². The summed E-state index contributed by atoms with van der Waals surface area (Å²) in [4.78, 5) is 77.5. The molecule has 1 fully saturated rings. The number of imide groups is 2. The molecule has 2 aromatic rings. The number of piperidine rings is 1. The van der Waals surface area contributed by atoms with Gasteiger partial charge >= 0.3 is 0 Å². The van der Waals surface area contributed by atoms with Crippen molar-refractivity contribution in [2.45, 2.75) is 110 Å². The Morgan fingerprint density at radius 2 is 1.62 bits per heavy atom. The number of rotatable bonds is 14. The largest absolute Gasteiger partial charge is 0.484 e. The normalized spacial score (nSPS) is 16.9. The highest BCUT2D eigenvalue weighted by atomic mass is 16.5. The predicted molar refractivity (Wildman–Crippen MR) is 195 cm³/mol. The fourth-order valence-corrected chi connectivity index (χ4v) is 6.76. The third-order valence-corrected chi connectivity index (χ3v) is 9.57. The van der Waals surface area contributed by atoms with Gasteiger partial charge in [0.05, 0.1) is 11.1 Å². The van der Waals surface area contributed by atoms with Crippen LogP contribution < -0.4 is 15.4 Å². The molecule has 52 heavy (non-hydrogen) atoms. The summed E-state index contributed by atoms with van der Waals surface area (Å²) >= 11 is 0. The predicted octanol–water partition coefficient (Wildman–Crippen LogP) is 5.08. The first kappa shape index (κ1) is 38.3. The van der Waals surface area contributed by atoms with Crippen molar-refractivity contribution in [2.75, 3.05) is 19.7 Å². The molecule has 0 aliphatic carbocycles. The lowest BCUT2D eigenvalue weighted by Gasteiger charge is -2.31.